The number of nitrogens with one attached hydrogen (secondary N) is 2. The van der Waals surface area contributed by atoms with Crippen molar-refractivity contribution in [2.24, 2.45) is 0 Å². The van der Waals surface area contributed by atoms with Gasteiger partial charge in [0.2, 0.25) is 5.75 Å². The molecule has 3 rings (SSSR count). The van der Waals surface area contributed by atoms with Crippen LogP contribution in [0.4, 0.5) is 5.82 Å². The van der Waals surface area contributed by atoms with Crippen LogP contribution in [0.15, 0.2) is 11.1 Å². The summed E-state index contributed by atoms with van der Waals surface area (Å²) in [5.74, 6) is 1.00. The maximum Gasteiger partial charge on any atom is 0.295 e. The van der Waals surface area contributed by atoms with E-state index in [1.54, 1.807) is 0 Å². The number of piperidine rings is 1. The van der Waals surface area contributed by atoms with Gasteiger partial charge in [-0.25, -0.2) is 4.98 Å². The maximum atomic E-state index is 11.8. The first-order chi connectivity index (χ1) is 9.79. The van der Waals surface area contributed by atoms with Gasteiger partial charge in [0.05, 0.1) is 13.4 Å². The molecule has 6 nitrogen and oxygen atoms in total. The fourth-order valence-electron chi connectivity index (χ4n) is 2.85. The molecule has 2 fully saturated rings. The lowest BCUT2D eigenvalue weighted by atomic mass is 10.0. The van der Waals surface area contributed by atoms with Crippen molar-refractivity contribution in [3.63, 3.8) is 0 Å². The van der Waals surface area contributed by atoms with Crippen LogP contribution in [0.3, 0.4) is 0 Å². The van der Waals surface area contributed by atoms with Crippen LogP contribution in [0.1, 0.15) is 32.1 Å². The first kappa shape index (κ1) is 13.4. The van der Waals surface area contributed by atoms with E-state index in [0.29, 0.717) is 23.7 Å². The summed E-state index contributed by atoms with van der Waals surface area (Å²) in [7, 11) is 1.52. The minimum atomic E-state index is -0.211. The number of hydrogen-bond donors (Lipinski definition) is 2. The lowest BCUT2D eigenvalue weighted by molar-refractivity contribution is 0.390. The lowest BCUT2D eigenvalue weighted by Gasteiger charge is -2.37. The summed E-state index contributed by atoms with van der Waals surface area (Å²) in [5, 5.41) is 3.58. The van der Waals surface area contributed by atoms with Gasteiger partial charge in [-0.1, -0.05) is 0 Å². The molecule has 1 unspecified atom stereocenters. The molecule has 20 heavy (non-hydrogen) atoms. The van der Waals surface area contributed by atoms with Gasteiger partial charge in [0.25, 0.3) is 5.56 Å². The van der Waals surface area contributed by atoms with Gasteiger partial charge in [0.1, 0.15) is 0 Å². The quantitative estimate of drug-likeness (QED) is 0.837. The van der Waals surface area contributed by atoms with Crippen molar-refractivity contribution in [2.45, 2.75) is 44.2 Å². The smallest absolute Gasteiger partial charge is 0.295 e. The first-order valence-electron chi connectivity index (χ1n) is 7.41. The molecule has 0 spiro atoms. The highest BCUT2D eigenvalue weighted by atomic mass is 16.5. The predicted octanol–water partition coefficient (Wildman–Crippen LogP) is 0.889. The van der Waals surface area contributed by atoms with E-state index in [-0.39, 0.29) is 5.56 Å². The maximum absolute atomic E-state index is 11.8. The minimum Gasteiger partial charge on any atom is -0.489 e. The second-order valence-corrected chi connectivity index (χ2v) is 5.61. The van der Waals surface area contributed by atoms with Crippen molar-refractivity contribution in [1.82, 2.24) is 15.3 Å². The number of rotatable bonds is 5. The van der Waals surface area contributed by atoms with Gasteiger partial charge in [-0.15, -0.1) is 0 Å². The lowest BCUT2D eigenvalue weighted by Crippen LogP contribution is -2.47. The molecule has 0 bridgehead atoms. The van der Waals surface area contributed by atoms with E-state index in [0.717, 1.165) is 25.9 Å². The van der Waals surface area contributed by atoms with Crippen molar-refractivity contribution in [2.75, 3.05) is 25.1 Å². The van der Waals surface area contributed by atoms with Gasteiger partial charge in [-0.05, 0) is 32.1 Å². The zero-order valence-electron chi connectivity index (χ0n) is 11.9. The summed E-state index contributed by atoms with van der Waals surface area (Å²) in [6.45, 7) is 1.89. The van der Waals surface area contributed by atoms with Gasteiger partial charge >= 0.3 is 0 Å². The molecule has 2 aliphatic rings. The Morgan fingerprint density at radius 3 is 3.05 bits per heavy atom. The summed E-state index contributed by atoms with van der Waals surface area (Å²) in [4.78, 5) is 21.0. The molecule has 1 aromatic heterocycles. The van der Waals surface area contributed by atoms with Crippen molar-refractivity contribution in [3.05, 3.63) is 16.7 Å². The molecule has 1 aliphatic heterocycles. The van der Waals surface area contributed by atoms with Gasteiger partial charge < -0.3 is 19.9 Å². The Labute approximate surface area is 118 Å². The molecule has 1 aromatic rings. The highest BCUT2D eigenvalue weighted by molar-refractivity contribution is 5.52. The largest absolute Gasteiger partial charge is 0.489 e. The van der Waals surface area contributed by atoms with E-state index in [9.17, 15) is 4.79 Å². The van der Waals surface area contributed by atoms with E-state index in [1.807, 2.05) is 0 Å². The number of ether oxygens (including phenoxy) is 1. The van der Waals surface area contributed by atoms with Gasteiger partial charge in [-0.3, -0.25) is 4.79 Å². The van der Waals surface area contributed by atoms with E-state index in [1.165, 1.54) is 32.7 Å². The third-order valence-corrected chi connectivity index (χ3v) is 4.11. The third kappa shape index (κ3) is 2.80. The Morgan fingerprint density at radius 1 is 1.45 bits per heavy atom. The molecule has 0 aromatic carbocycles. The van der Waals surface area contributed by atoms with Gasteiger partial charge in [-0.2, -0.15) is 0 Å². The van der Waals surface area contributed by atoms with Crippen LogP contribution in [0.25, 0.3) is 0 Å². The number of aromatic amines is 1. The number of anilines is 1. The molecular formula is C14H22N4O2. The summed E-state index contributed by atoms with van der Waals surface area (Å²) >= 11 is 0. The monoisotopic (exact) mass is 278 g/mol. The normalized spacial score (nSPS) is 22.9. The van der Waals surface area contributed by atoms with Crippen LogP contribution in [0, 0.1) is 0 Å². The topological polar surface area (TPSA) is 70.2 Å². The summed E-state index contributed by atoms with van der Waals surface area (Å²) in [6, 6.07) is 1.10. The second kappa shape index (κ2) is 5.83. The molecule has 2 heterocycles. The van der Waals surface area contributed by atoms with Crippen LogP contribution < -0.4 is 20.5 Å². The van der Waals surface area contributed by atoms with Crippen molar-refractivity contribution in [1.29, 1.82) is 0 Å². The van der Waals surface area contributed by atoms with Crippen LogP contribution in [-0.2, 0) is 0 Å². The van der Waals surface area contributed by atoms with Crippen LogP contribution in [-0.4, -0.2) is 42.3 Å². The third-order valence-electron chi connectivity index (χ3n) is 4.11. The molecule has 110 valence electrons. The van der Waals surface area contributed by atoms with Gasteiger partial charge in [0.15, 0.2) is 5.82 Å². The Morgan fingerprint density at radius 2 is 2.30 bits per heavy atom. The van der Waals surface area contributed by atoms with Crippen LogP contribution >= 0.6 is 0 Å². The number of methoxy groups -OCH3 is 1. The summed E-state index contributed by atoms with van der Waals surface area (Å²) in [6.07, 6.45) is 7.55. The van der Waals surface area contributed by atoms with E-state index in [2.05, 4.69) is 20.2 Å². The Hall–Kier alpha value is -1.56. The van der Waals surface area contributed by atoms with Crippen LogP contribution in [0.2, 0.25) is 0 Å². The zero-order chi connectivity index (χ0) is 13.9. The van der Waals surface area contributed by atoms with Crippen molar-refractivity contribution >= 4 is 5.82 Å². The molecule has 0 radical (unpaired) electrons. The van der Waals surface area contributed by atoms with Crippen molar-refractivity contribution in [3.8, 4) is 5.75 Å². The van der Waals surface area contributed by atoms with Crippen LogP contribution in [0.5, 0.6) is 5.75 Å². The number of H-pyrrole nitrogens is 1. The molecule has 0 amide bonds. The molecule has 1 saturated carbocycles. The molecule has 1 atom stereocenters. The fourth-order valence-corrected chi connectivity index (χ4v) is 2.85. The highest BCUT2D eigenvalue weighted by Crippen LogP contribution is 2.28. The summed E-state index contributed by atoms with van der Waals surface area (Å²) < 4.78 is 5.25. The molecule has 6 heteroatoms. The first-order valence-corrected chi connectivity index (χ1v) is 7.41. The zero-order valence-corrected chi connectivity index (χ0v) is 11.9. The number of hydrogen-bond acceptors (Lipinski definition) is 5. The van der Waals surface area contributed by atoms with E-state index >= 15 is 0 Å². The van der Waals surface area contributed by atoms with E-state index < -0.39 is 0 Å². The second-order valence-electron chi connectivity index (χ2n) is 5.61. The average Bonchev–Trinajstić information content (AvgIpc) is 3.29. The highest BCUT2D eigenvalue weighted by Gasteiger charge is 2.29. The SMILES string of the molecule is COc1c(N2CCCCC2CNC2CC2)nc[nH]c1=O. The standard InChI is InChI=1S/C14H22N4O2/c1-20-12-13(16-9-17-14(12)19)18-7-3-2-4-11(18)8-15-10-5-6-10/h9-11,15H,2-8H2,1H3,(H,16,17,19). The predicted molar refractivity (Wildman–Crippen MR) is 77.4 cm³/mol. The molecule has 1 saturated heterocycles. The Balaban J connectivity index is 1.81. The number of nitrogens with zero attached hydrogens (tertiary/aromatic N) is 2. The average molecular weight is 278 g/mol. The molecular weight excluding hydrogens is 256 g/mol. The Bertz CT molecular complexity index is 512. The molecule has 1 aliphatic carbocycles. The Kier molecular flexibility index (Phi) is 3.91. The molecule has 2 N–H and O–H groups in total. The van der Waals surface area contributed by atoms with E-state index in [4.69, 9.17) is 4.74 Å². The summed E-state index contributed by atoms with van der Waals surface area (Å²) in [5.41, 5.74) is -0.211. The number of aromatic nitrogens is 2. The van der Waals surface area contributed by atoms with Crippen molar-refractivity contribution < 1.29 is 4.74 Å². The minimum absolute atomic E-state index is 0.211. The fraction of sp³-hybridized carbons (Fsp3) is 0.714. The van der Waals surface area contributed by atoms with Gasteiger partial charge in [0, 0.05) is 25.2 Å².